The van der Waals surface area contributed by atoms with Crippen LogP contribution >= 0.6 is 0 Å². The van der Waals surface area contributed by atoms with Gasteiger partial charge in [-0.1, -0.05) is 6.07 Å². The third-order valence-corrected chi connectivity index (χ3v) is 4.65. The van der Waals surface area contributed by atoms with Crippen LogP contribution in [0.25, 0.3) is 5.69 Å². The molecule has 0 N–H and O–H groups in total. The highest BCUT2D eigenvalue weighted by Gasteiger charge is 2.26. The average Bonchev–Trinajstić information content (AvgIpc) is 3.33. The standard InChI is InChI=1S/C17H19N7O/c1-13-18-7-9-23(13)16-6-3-8-22(11-16)17(25)14-4-2-5-15(10-14)24-12-19-20-21-24/h2,4-5,7,9-10,12,16H,3,6,8,11H2,1H3/t16-/m0/s1. The number of nitrogens with zero attached hydrogens (tertiary/aromatic N) is 7. The number of carbonyl (C=O) groups excluding carboxylic acids is 1. The predicted molar refractivity (Wildman–Crippen MR) is 90.3 cm³/mol. The summed E-state index contributed by atoms with van der Waals surface area (Å²) in [6.45, 7) is 3.47. The maximum absolute atomic E-state index is 13.0. The molecular formula is C17H19N7O. The zero-order chi connectivity index (χ0) is 17.2. The molecule has 1 atom stereocenters. The monoisotopic (exact) mass is 337 g/mol. The maximum Gasteiger partial charge on any atom is 0.254 e. The fourth-order valence-electron chi connectivity index (χ4n) is 3.38. The summed E-state index contributed by atoms with van der Waals surface area (Å²) < 4.78 is 3.71. The first kappa shape index (κ1) is 15.5. The highest BCUT2D eigenvalue weighted by Crippen LogP contribution is 2.24. The molecule has 1 aliphatic rings. The largest absolute Gasteiger partial charge is 0.337 e. The van der Waals surface area contributed by atoms with Crippen molar-refractivity contribution >= 4 is 5.91 Å². The first-order valence-electron chi connectivity index (χ1n) is 8.34. The number of rotatable bonds is 3. The van der Waals surface area contributed by atoms with E-state index in [0.29, 0.717) is 12.1 Å². The van der Waals surface area contributed by atoms with Gasteiger partial charge in [0.2, 0.25) is 0 Å². The molecule has 3 aromatic rings. The summed E-state index contributed by atoms with van der Waals surface area (Å²) in [6.07, 6.45) is 7.37. The number of carbonyl (C=O) groups is 1. The van der Waals surface area contributed by atoms with E-state index < -0.39 is 0 Å². The molecule has 1 aromatic carbocycles. The third kappa shape index (κ3) is 3.02. The molecule has 0 aliphatic carbocycles. The molecule has 1 aliphatic heterocycles. The van der Waals surface area contributed by atoms with Gasteiger partial charge >= 0.3 is 0 Å². The Labute approximate surface area is 145 Å². The normalized spacial score (nSPS) is 17.6. The van der Waals surface area contributed by atoms with E-state index in [9.17, 15) is 4.79 Å². The third-order valence-electron chi connectivity index (χ3n) is 4.65. The highest BCUT2D eigenvalue weighted by molar-refractivity contribution is 5.94. The summed E-state index contributed by atoms with van der Waals surface area (Å²) in [5.74, 6) is 1.03. The smallest absolute Gasteiger partial charge is 0.254 e. The van der Waals surface area contributed by atoms with Crippen LogP contribution < -0.4 is 0 Å². The van der Waals surface area contributed by atoms with Crippen LogP contribution in [0.4, 0.5) is 0 Å². The van der Waals surface area contributed by atoms with Crippen molar-refractivity contribution in [1.82, 2.24) is 34.7 Å². The van der Waals surface area contributed by atoms with Gasteiger partial charge in [0.25, 0.3) is 5.91 Å². The second-order valence-electron chi connectivity index (χ2n) is 6.23. The Hall–Kier alpha value is -3.03. The van der Waals surface area contributed by atoms with Gasteiger partial charge in [-0.05, 0) is 48.4 Å². The molecule has 128 valence electrons. The Kier molecular flexibility index (Phi) is 4.01. The van der Waals surface area contributed by atoms with Crippen LogP contribution in [-0.4, -0.2) is 53.7 Å². The first-order chi connectivity index (χ1) is 12.2. The summed E-state index contributed by atoms with van der Waals surface area (Å²) in [5.41, 5.74) is 1.42. The maximum atomic E-state index is 13.0. The van der Waals surface area contributed by atoms with Gasteiger partial charge in [0.1, 0.15) is 12.2 Å². The van der Waals surface area contributed by atoms with Crippen molar-refractivity contribution in [3.8, 4) is 5.69 Å². The summed E-state index contributed by atoms with van der Waals surface area (Å²) in [7, 11) is 0. The molecule has 4 rings (SSSR count). The minimum absolute atomic E-state index is 0.0393. The van der Waals surface area contributed by atoms with Gasteiger partial charge < -0.3 is 9.47 Å². The van der Waals surface area contributed by atoms with Crippen LogP contribution in [0.2, 0.25) is 0 Å². The lowest BCUT2D eigenvalue weighted by molar-refractivity contribution is 0.0678. The summed E-state index contributed by atoms with van der Waals surface area (Å²) >= 11 is 0. The van der Waals surface area contributed by atoms with Gasteiger partial charge in [-0.15, -0.1) is 5.10 Å². The fourth-order valence-corrected chi connectivity index (χ4v) is 3.38. The van der Waals surface area contributed by atoms with Gasteiger partial charge in [0.15, 0.2) is 0 Å². The predicted octanol–water partition coefficient (Wildman–Crippen LogP) is 1.64. The highest BCUT2D eigenvalue weighted by atomic mass is 16.2. The molecule has 1 saturated heterocycles. The number of tetrazole rings is 1. The van der Waals surface area contributed by atoms with E-state index in [1.807, 2.05) is 48.5 Å². The van der Waals surface area contributed by atoms with Crippen molar-refractivity contribution < 1.29 is 4.79 Å². The van der Waals surface area contributed by atoms with E-state index in [4.69, 9.17) is 0 Å². The second-order valence-corrected chi connectivity index (χ2v) is 6.23. The molecule has 8 heteroatoms. The van der Waals surface area contributed by atoms with E-state index in [0.717, 1.165) is 30.9 Å². The minimum Gasteiger partial charge on any atom is -0.337 e. The van der Waals surface area contributed by atoms with Gasteiger partial charge in [0.05, 0.1) is 11.7 Å². The lowest BCUT2D eigenvalue weighted by Gasteiger charge is -2.34. The Balaban J connectivity index is 1.54. The molecule has 0 radical (unpaired) electrons. The zero-order valence-corrected chi connectivity index (χ0v) is 14.0. The van der Waals surface area contributed by atoms with E-state index in [2.05, 4.69) is 25.1 Å². The number of likely N-dealkylation sites (tertiary alicyclic amines) is 1. The Morgan fingerprint density at radius 1 is 1.32 bits per heavy atom. The molecule has 3 heterocycles. The Morgan fingerprint density at radius 2 is 2.24 bits per heavy atom. The lowest BCUT2D eigenvalue weighted by Crippen LogP contribution is -2.40. The second kappa shape index (κ2) is 6.46. The van der Waals surface area contributed by atoms with Gasteiger partial charge in [-0.2, -0.15) is 0 Å². The number of hydrogen-bond donors (Lipinski definition) is 0. The van der Waals surface area contributed by atoms with Crippen molar-refractivity contribution in [2.45, 2.75) is 25.8 Å². The van der Waals surface area contributed by atoms with Crippen LogP contribution in [0.5, 0.6) is 0 Å². The van der Waals surface area contributed by atoms with Gasteiger partial charge in [0, 0.05) is 31.0 Å². The topological polar surface area (TPSA) is 81.7 Å². The number of piperidine rings is 1. The molecule has 2 aromatic heterocycles. The SMILES string of the molecule is Cc1nccn1[C@H]1CCCN(C(=O)c2cccc(-n3cnnn3)c2)C1. The minimum atomic E-state index is 0.0393. The molecule has 1 amide bonds. The van der Waals surface area contributed by atoms with Crippen molar-refractivity contribution in [2.24, 2.45) is 0 Å². The number of hydrogen-bond acceptors (Lipinski definition) is 5. The van der Waals surface area contributed by atoms with Crippen LogP contribution in [-0.2, 0) is 0 Å². The molecule has 1 fully saturated rings. The summed E-state index contributed by atoms with van der Waals surface area (Å²) in [6, 6.07) is 7.67. The lowest BCUT2D eigenvalue weighted by atomic mass is 10.0. The van der Waals surface area contributed by atoms with E-state index in [1.165, 1.54) is 6.33 Å². The number of aromatic nitrogens is 6. The van der Waals surface area contributed by atoms with Crippen molar-refractivity contribution in [3.63, 3.8) is 0 Å². The quantitative estimate of drug-likeness (QED) is 0.726. The molecule has 0 saturated carbocycles. The summed E-state index contributed by atoms with van der Waals surface area (Å²) in [4.78, 5) is 19.2. The van der Waals surface area contributed by atoms with Crippen molar-refractivity contribution in [1.29, 1.82) is 0 Å². The summed E-state index contributed by atoms with van der Waals surface area (Å²) in [5, 5.41) is 11.2. The van der Waals surface area contributed by atoms with Crippen LogP contribution in [0.15, 0.2) is 43.0 Å². The molecular weight excluding hydrogens is 318 g/mol. The van der Waals surface area contributed by atoms with Gasteiger partial charge in [-0.25, -0.2) is 9.67 Å². The van der Waals surface area contributed by atoms with E-state index in [-0.39, 0.29) is 11.9 Å². The van der Waals surface area contributed by atoms with Crippen molar-refractivity contribution in [2.75, 3.05) is 13.1 Å². The molecule has 0 unspecified atom stereocenters. The molecule has 25 heavy (non-hydrogen) atoms. The molecule has 0 spiro atoms. The van der Waals surface area contributed by atoms with Crippen LogP contribution in [0.1, 0.15) is 35.1 Å². The Bertz CT molecular complexity index is 871. The van der Waals surface area contributed by atoms with Crippen molar-refractivity contribution in [3.05, 3.63) is 54.4 Å². The van der Waals surface area contributed by atoms with Crippen LogP contribution in [0, 0.1) is 6.92 Å². The average molecular weight is 337 g/mol. The van der Waals surface area contributed by atoms with Crippen LogP contribution in [0.3, 0.4) is 0 Å². The van der Waals surface area contributed by atoms with E-state index in [1.54, 1.807) is 4.68 Å². The molecule has 0 bridgehead atoms. The number of benzene rings is 1. The fraction of sp³-hybridized carbons (Fsp3) is 0.353. The number of amides is 1. The zero-order valence-electron chi connectivity index (χ0n) is 14.0. The number of imidazole rings is 1. The molecule has 8 nitrogen and oxygen atoms in total. The van der Waals surface area contributed by atoms with E-state index >= 15 is 0 Å². The van der Waals surface area contributed by atoms with Gasteiger partial charge in [-0.3, -0.25) is 4.79 Å². The Morgan fingerprint density at radius 3 is 3.00 bits per heavy atom. The first-order valence-corrected chi connectivity index (χ1v) is 8.34. The number of aryl methyl sites for hydroxylation is 1.